The monoisotopic (exact) mass is 554 g/mol. The molecule has 0 amide bonds. The number of rotatable bonds is 7. The van der Waals surface area contributed by atoms with Crippen LogP contribution < -0.4 is 15.4 Å². The average molecular weight is 554 g/mol. The predicted molar refractivity (Wildman–Crippen MR) is 136 cm³/mol. The van der Waals surface area contributed by atoms with Gasteiger partial charge in [-0.3, -0.25) is 0 Å². The summed E-state index contributed by atoms with van der Waals surface area (Å²) in [6, 6.07) is 8.53. The third kappa shape index (κ3) is 5.72. The molecule has 1 aliphatic carbocycles. The number of hydrogen-bond acceptors (Lipinski definition) is 5. The van der Waals surface area contributed by atoms with Gasteiger partial charge >= 0.3 is 0 Å². The van der Waals surface area contributed by atoms with Gasteiger partial charge in [-0.05, 0) is 45.1 Å². The van der Waals surface area contributed by atoms with Crippen molar-refractivity contribution in [3.05, 3.63) is 41.5 Å². The Morgan fingerprint density at radius 2 is 2.06 bits per heavy atom. The number of nitrogens with one attached hydrogen (secondary N) is 2. The van der Waals surface area contributed by atoms with Crippen LogP contribution in [0.25, 0.3) is 0 Å². The van der Waals surface area contributed by atoms with Crippen molar-refractivity contribution in [2.75, 3.05) is 20.3 Å². The second kappa shape index (κ2) is 11.3. The van der Waals surface area contributed by atoms with Gasteiger partial charge in [-0.15, -0.1) is 34.2 Å². The predicted octanol–water partition coefficient (Wildman–Crippen LogP) is 3.65. The molecule has 4 rings (SSSR count). The molecule has 1 saturated carbocycles. The van der Waals surface area contributed by atoms with E-state index in [1.54, 1.807) is 7.11 Å². The number of aromatic nitrogens is 3. The lowest BCUT2D eigenvalue weighted by Crippen LogP contribution is -2.47. The van der Waals surface area contributed by atoms with Crippen LogP contribution in [0.1, 0.15) is 61.8 Å². The second-order valence-corrected chi connectivity index (χ2v) is 8.59. The van der Waals surface area contributed by atoms with E-state index in [9.17, 15) is 0 Å². The van der Waals surface area contributed by atoms with E-state index >= 15 is 0 Å². The Bertz CT molecular complexity index is 910. The maximum Gasteiger partial charge on any atom is 0.192 e. The molecule has 8 nitrogen and oxygen atoms in total. The lowest BCUT2D eigenvalue weighted by Gasteiger charge is -2.40. The van der Waals surface area contributed by atoms with Gasteiger partial charge in [0.2, 0.25) is 0 Å². The molecule has 2 N–H and O–H groups in total. The largest absolute Gasteiger partial charge is 0.487 e. The van der Waals surface area contributed by atoms with Gasteiger partial charge < -0.3 is 24.7 Å². The zero-order chi connectivity index (χ0) is 21.7. The topological polar surface area (TPSA) is 85.6 Å². The minimum atomic E-state index is -0.0616. The zero-order valence-corrected chi connectivity index (χ0v) is 21.6. The number of fused-ring (bicyclic) bond motifs is 1. The zero-order valence-electron chi connectivity index (χ0n) is 19.3. The van der Waals surface area contributed by atoms with Crippen molar-refractivity contribution in [1.82, 2.24) is 25.4 Å². The first-order chi connectivity index (χ1) is 15.1. The number of aryl methyl sites for hydroxylation is 1. The van der Waals surface area contributed by atoms with Crippen molar-refractivity contribution in [2.24, 2.45) is 12.0 Å². The van der Waals surface area contributed by atoms with Gasteiger partial charge in [0.1, 0.15) is 23.7 Å². The maximum absolute atomic E-state index is 6.51. The molecule has 1 atom stereocenters. The fourth-order valence-corrected chi connectivity index (χ4v) is 4.55. The Balaban J connectivity index is 0.00000289. The van der Waals surface area contributed by atoms with Crippen LogP contribution in [0.5, 0.6) is 5.75 Å². The van der Waals surface area contributed by atoms with Crippen LogP contribution in [0.4, 0.5) is 0 Å². The summed E-state index contributed by atoms with van der Waals surface area (Å²) in [5.74, 6) is 3.51. The van der Waals surface area contributed by atoms with Crippen LogP contribution in [0.3, 0.4) is 0 Å². The number of hydrogen-bond donors (Lipinski definition) is 2. The van der Waals surface area contributed by atoms with Crippen molar-refractivity contribution in [3.63, 3.8) is 0 Å². The quantitative estimate of drug-likeness (QED) is 0.235. The number of aliphatic imine (C=N–C) groups is 1. The van der Waals surface area contributed by atoms with Gasteiger partial charge in [-0.25, -0.2) is 4.99 Å². The summed E-state index contributed by atoms with van der Waals surface area (Å²) < 4.78 is 13.7. The van der Waals surface area contributed by atoms with Gasteiger partial charge in [0.15, 0.2) is 11.8 Å². The second-order valence-electron chi connectivity index (χ2n) is 8.59. The minimum absolute atomic E-state index is 0. The molecule has 1 spiro atoms. The summed E-state index contributed by atoms with van der Waals surface area (Å²) in [4.78, 5) is 4.84. The Hall–Kier alpha value is -1.88. The van der Waals surface area contributed by atoms with E-state index in [0.717, 1.165) is 55.6 Å². The molecule has 0 saturated heterocycles. The number of nitrogens with zero attached hydrogens (tertiary/aromatic N) is 4. The Labute approximate surface area is 207 Å². The standard InChI is InChI=1S/C23H34N6O2.HI/c1-17-27-28-21(29(17)2)16-25-22(24-13-8-14-30-3)26-19-15-23(11-6-7-12-23)31-20-10-5-4-9-18(19)20;/h4-5,9-10,19H,6-8,11-16H2,1-3H3,(H2,24,25,26);1H. The molecule has 2 aliphatic rings. The first-order valence-electron chi connectivity index (χ1n) is 11.3. The number of guanidine groups is 1. The lowest BCUT2D eigenvalue weighted by atomic mass is 9.86. The fraction of sp³-hybridized carbons (Fsp3) is 0.609. The molecule has 2 heterocycles. The van der Waals surface area contributed by atoms with Crippen molar-refractivity contribution in [1.29, 1.82) is 0 Å². The van der Waals surface area contributed by atoms with Gasteiger partial charge in [0.25, 0.3) is 0 Å². The fourth-order valence-electron chi connectivity index (χ4n) is 4.55. The van der Waals surface area contributed by atoms with Gasteiger partial charge in [0, 0.05) is 39.3 Å². The minimum Gasteiger partial charge on any atom is -0.487 e. The molecule has 32 heavy (non-hydrogen) atoms. The third-order valence-electron chi connectivity index (χ3n) is 6.40. The molecular formula is C23H35IN6O2. The third-order valence-corrected chi connectivity index (χ3v) is 6.40. The van der Waals surface area contributed by atoms with Crippen molar-refractivity contribution in [3.8, 4) is 5.75 Å². The van der Waals surface area contributed by atoms with Crippen LogP contribution in [0.2, 0.25) is 0 Å². The van der Waals surface area contributed by atoms with E-state index < -0.39 is 0 Å². The summed E-state index contributed by atoms with van der Waals surface area (Å²) in [6.07, 6.45) is 6.56. The number of methoxy groups -OCH3 is 1. The van der Waals surface area contributed by atoms with Crippen molar-refractivity contribution >= 4 is 29.9 Å². The van der Waals surface area contributed by atoms with E-state index in [1.165, 1.54) is 18.4 Å². The normalized spacial score (nSPS) is 19.2. The SMILES string of the molecule is COCCCNC(=NCc1nnc(C)n1C)NC1CC2(CCCC2)Oc2ccccc21.I. The molecule has 1 aliphatic heterocycles. The first-order valence-corrected chi connectivity index (χ1v) is 11.3. The first kappa shape index (κ1) is 24.8. The Kier molecular flexibility index (Phi) is 8.75. The molecule has 1 aromatic carbocycles. The van der Waals surface area contributed by atoms with Crippen LogP contribution in [0, 0.1) is 6.92 Å². The highest BCUT2D eigenvalue weighted by Gasteiger charge is 2.43. The van der Waals surface area contributed by atoms with Crippen molar-refractivity contribution < 1.29 is 9.47 Å². The molecule has 9 heteroatoms. The molecule has 2 aromatic rings. The molecular weight excluding hydrogens is 519 g/mol. The highest BCUT2D eigenvalue weighted by atomic mass is 127. The van der Waals surface area contributed by atoms with Crippen LogP contribution in [0.15, 0.2) is 29.3 Å². The smallest absolute Gasteiger partial charge is 0.192 e. The molecule has 1 fully saturated rings. The van der Waals surface area contributed by atoms with Crippen LogP contribution in [-0.4, -0.2) is 46.6 Å². The highest BCUT2D eigenvalue weighted by Crippen LogP contribution is 2.46. The molecule has 176 valence electrons. The van der Waals surface area contributed by atoms with Gasteiger partial charge in [0.05, 0.1) is 6.04 Å². The molecule has 0 radical (unpaired) electrons. The van der Waals surface area contributed by atoms with E-state index in [4.69, 9.17) is 14.5 Å². The highest BCUT2D eigenvalue weighted by molar-refractivity contribution is 14.0. The van der Waals surface area contributed by atoms with E-state index in [-0.39, 0.29) is 35.6 Å². The summed E-state index contributed by atoms with van der Waals surface area (Å²) in [6.45, 7) is 3.91. The maximum atomic E-state index is 6.51. The van der Waals surface area contributed by atoms with E-state index in [1.807, 2.05) is 18.5 Å². The number of benzene rings is 1. The van der Waals surface area contributed by atoms with Crippen molar-refractivity contribution in [2.45, 2.75) is 63.6 Å². The number of para-hydroxylation sites is 1. The van der Waals surface area contributed by atoms with Gasteiger partial charge in [-0.2, -0.15) is 0 Å². The van der Waals surface area contributed by atoms with E-state index in [0.29, 0.717) is 13.2 Å². The van der Waals surface area contributed by atoms with Crippen LogP contribution in [-0.2, 0) is 18.3 Å². The number of halogens is 1. The van der Waals surface area contributed by atoms with Gasteiger partial charge in [-0.1, -0.05) is 18.2 Å². The molecule has 1 unspecified atom stereocenters. The summed E-state index contributed by atoms with van der Waals surface area (Å²) in [7, 11) is 3.70. The van der Waals surface area contributed by atoms with Crippen LogP contribution >= 0.6 is 24.0 Å². The number of ether oxygens (including phenoxy) is 2. The Morgan fingerprint density at radius 1 is 1.28 bits per heavy atom. The summed E-state index contributed by atoms with van der Waals surface area (Å²) >= 11 is 0. The van der Waals surface area contributed by atoms with E-state index in [2.05, 4.69) is 45.1 Å². The lowest BCUT2D eigenvalue weighted by molar-refractivity contribution is 0.0396. The average Bonchev–Trinajstić information content (AvgIpc) is 3.35. The summed E-state index contributed by atoms with van der Waals surface area (Å²) in [5.41, 5.74) is 1.13. The molecule has 1 aromatic heterocycles. The summed E-state index contributed by atoms with van der Waals surface area (Å²) in [5, 5.41) is 15.6. The molecule has 0 bridgehead atoms. The Morgan fingerprint density at radius 3 is 2.78 bits per heavy atom.